The molecular weight excluding hydrogens is 333 g/mol. The summed E-state index contributed by atoms with van der Waals surface area (Å²) in [6.07, 6.45) is 3.54. The highest BCUT2D eigenvalue weighted by atomic mass is 19.1. The molecule has 4 rings (SSSR count). The highest BCUT2D eigenvalue weighted by molar-refractivity contribution is 5.91. The van der Waals surface area contributed by atoms with Gasteiger partial charge in [-0.15, -0.1) is 0 Å². The van der Waals surface area contributed by atoms with Crippen LogP contribution in [0, 0.1) is 0 Å². The molecule has 0 bridgehead atoms. The Morgan fingerprint density at radius 2 is 2.15 bits per heavy atom. The Hall–Kier alpha value is -2.54. The van der Waals surface area contributed by atoms with Gasteiger partial charge >= 0.3 is 0 Å². The molecule has 6 nitrogen and oxygen atoms in total. The van der Waals surface area contributed by atoms with E-state index in [0.717, 1.165) is 29.0 Å². The van der Waals surface area contributed by atoms with Crippen LogP contribution in [0.4, 0.5) is 10.2 Å². The molecule has 136 valence electrons. The molecular formula is C19H22FN5O. The van der Waals surface area contributed by atoms with Crippen molar-refractivity contribution in [3.05, 3.63) is 36.3 Å². The molecule has 0 aliphatic carbocycles. The molecule has 1 N–H and O–H groups in total. The van der Waals surface area contributed by atoms with Crippen LogP contribution in [-0.2, 0) is 10.4 Å². The molecule has 1 unspecified atom stereocenters. The second kappa shape index (κ2) is 6.32. The fraction of sp³-hybridized carbons (Fsp3) is 0.421. The summed E-state index contributed by atoms with van der Waals surface area (Å²) in [4.78, 5) is 18.9. The summed E-state index contributed by atoms with van der Waals surface area (Å²) in [6.45, 7) is 7.10. The lowest BCUT2D eigenvalue weighted by molar-refractivity contribution is 0.0985. The van der Waals surface area contributed by atoms with Gasteiger partial charge in [0.25, 0.3) is 0 Å². The number of morpholine rings is 1. The summed E-state index contributed by atoms with van der Waals surface area (Å²) in [5, 5.41) is 0.919. The SMILES string of the molecule is CC1COCCN1c1cc(C(C)(C)F)nc(-c2ccnc3[nH]ccc23)n1. The highest BCUT2D eigenvalue weighted by Crippen LogP contribution is 2.31. The van der Waals surface area contributed by atoms with Gasteiger partial charge in [-0.2, -0.15) is 0 Å². The minimum Gasteiger partial charge on any atom is -0.377 e. The first-order valence-corrected chi connectivity index (χ1v) is 8.79. The van der Waals surface area contributed by atoms with E-state index in [2.05, 4.69) is 26.8 Å². The van der Waals surface area contributed by atoms with E-state index in [1.165, 1.54) is 13.8 Å². The van der Waals surface area contributed by atoms with Gasteiger partial charge < -0.3 is 14.6 Å². The number of anilines is 1. The first kappa shape index (κ1) is 16.9. The molecule has 26 heavy (non-hydrogen) atoms. The number of H-pyrrole nitrogens is 1. The summed E-state index contributed by atoms with van der Waals surface area (Å²) >= 11 is 0. The Morgan fingerprint density at radius 1 is 1.31 bits per heavy atom. The van der Waals surface area contributed by atoms with Gasteiger partial charge in [0, 0.05) is 36.0 Å². The monoisotopic (exact) mass is 355 g/mol. The summed E-state index contributed by atoms with van der Waals surface area (Å²) < 4.78 is 20.3. The average molecular weight is 355 g/mol. The van der Waals surface area contributed by atoms with Crippen molar-refractivity contribution in [2.75, 3.05) is 24.7 Å². The Morgan fingerprint density at radius 3 is 2.92 bits per heavy atom. The summed E-state index contributed by atoms with van der Waals surface area (Å²) in [6, 6.07) is 5.73. The van der Waals surface area contributed by atoms with E-state index in [4.69, 9.17) is 9.72 Å². The van der Waals surface area contributed by atoms with Crippen molar-refractivity contribution in [2.24, 2.45) is 0 Å². The molecule has 0 radical (unpaired) electrons. The van der Waals surface area contributed by atoms with E-state index < -0.39 is 5.67 Å². The minimum atomic E-state index is -1.56. The molecule has 1 saturated heterocycles. The molecule has 0 spiro atoms. The van der Waals surface area contributed by atoms with Crippen molar-refractivity contribution >= 4 is 16.9 Å². The lowest BCUT2D eigenvalue weighted by atomic mass is 10.1. The van der Waals surface area contributed by atoms with Crippen LogP contribution in [0.5, 0.6) is 0 Å². The second-order valence-electron chi connectivity index (χ2n) is 7.12. The zero-order valence-corrected chi connectivity index (χ0v) is 15.2. The molecule has 4 heterocycles. The topological polar surface area (TPSA) is 66.9 Å². The molecule has 7 heteroatoms. The van der Waals surface area contributed by atoms with Gasteiger partial charge in [0.05, 0.1) is 24.9 Å². The minimum absolute atomic E-state index is 0.173. The zero-order chi connectivity index (χ0) is 18.3. The van der Waals surface area contributed by atoms with Gasteiger partial charge in [-0.3, -0.25) is 0 Å². The van der Waals surface area contributed by atoms with Crippen LogP contribution in [0.15, 0.2) is 30.6 Å². The van der Waals surface area contributed by atoms with Crippen LogP contribution >= 0.6 is 0 Å². The van der Waals surface area contributed by atoms with Gasteiger partial charge in [0.2, 0.25) is 0 Å². The van der Waals surface area contributed by atoms with Crippen LogP contribution in [0.2, 0.25) is 0 Å². The van der Waals surface area contributed by atoms with Crippen molar-refractivity contribution in [1.82, 2.24) is 19.9 Å². The van der Waals surface area contributed by atoms with Crippen molar-refractivity contribution < 1.29 is 9.13 Å². The van der Waals surface area contributed by atoms with Crippen LogP contribution in [0.1, 0.15) is 26.5 Å². The predicted molar refractivity (Wildman–Crippen MR) is 98.9 cm³/mol. The Labute approximate surface area is 151 Å². The van der Waals surface area contributed by atoms with Crippen molar-refractivity contribution in [3.63, 3.8) is 0 Å². The predicted octanol–water partition coefficient (Wildman–Crippen LogP) is 3.45. The van der Waals surface area contributed by atoms with Crippen LogP contribution < -0.4 is 4.90 Å². The quantitative estimate of drug-likeness (QED) is 0.779. The van der Waals surface area contributed by atoms with Gasteiger partial charge in [-0.05, 0) is 32.9 Å². The number of rotatable bonds is 3. The van der Waals surface area contributed by atoms with Gasteiger partial charge in [0.1, 0.15) is 17.1 Å². The normalized spacial score (nSPS) is 18.5. The summed E-state index contributed by atoms with van der Waals surface area (Å²) in [5.41, 5.74) is 0.408. The van der Waals surface area contributed by atoms with Crippen LogP contribution in [0.25, 0.3) is 22.4 Å². The number of hydrogen-bond donors (Lipinski definition) is 1. The highest BCUT2D eigenvalue weighted by Gasteiger charge is 2.27. The van der Waals surface area contributed by atoms with E-state index >= 15 is 0 Å². The maximum Gasteiger partial charge on any atom is 0.162 e. The molecule has 3 aromatic heterocycles. The lowest BCUT2D eigenvalue weighted by Gasteiger charge is -2.34. The number of aromatic amines is 1. The zero-order valence-electron chi connectivity index (χ0n) is 15.2. The molecule has 1 atom stereocenters. The molecule has 0 saturated carbocycles. The van der Waals surface area contributed by atoms with Gasteiger partial charge in [-0.25, -0.2) is 19.3 Å². The number of halogens is 1. The number of alkyl halides is 1. The largest absolute Gasteiger partial charge is 0.377 e. The number of fused-ring (bicyclic) bond motifs is 1. The second-order valence-corrected chi connectivity index (χ2v) is 7.12. The number of nitrogens with zero attached hydrogens (tertiary/aromatic N) is 4. The summed E-state index contributed by atoms with van der Waals surface area (Å²) in [5.74, 6) is 1.24. The third-order valence-electron chi connectivity index (χ3n) is 4.68. The lowest BCUT2D eigenvalue weighted by Crippen LogP contribution is -2.44. The molecule has 1 aliphatic heterocycles. The molecule has 0 amide bonds. The van der Waals surface area contributed by atoms with Crippen LogP contribution in [-0.4, -0.2) is 45.7 Å². The number of hydrogen-bond acceptors (Lipinski definition) is 5. The fourth-order valence-electron chi connectivity index (χ4n) is 3.23. The first-order chi connectivity index (χ1) is 12.4. The van der Waals surface area contributed by atoms with E-state index in [0.29, 0.717) is 24.7 Å². The van der Waals surface area contributed by atoms with E-state index in [-0.39, 0.29) is 6.04 Å². The standard InChI is InChI=1S/C19H22FN5O/c1-12-11-26-9-8-25(12)16-10-15(19(2,3)20)23-18(24-16)14-5-7-22-17-13(14)4-6-21-17/h4-7,10,12H,8-9,11H2,1-3H3,(H,21,22). The molecule has 1 aliphatic rings. The van der Waals surface area contributed by atoms with Gasteiger partial charge in [0.15, 0.2) is 5.82 Å². The number of ether oxygens (including phenoxy) is 1. The first-order valence-electron chi connectivity index (χ1n) is 8.79. The third kappa shape index (κ3) is 3.03. The third-order valence-corrected chi connectivity index (χ3v) is 4.68. The van der Waals surface area contributed by atoms with Crippen molar-refractivity contribution in [2.45, 2.75) is 32.5 Å². The Kier molecular flexibility index (Phi) is 4.11. The number of nitrogens with one attached hydrogen (secondary N) is 1. The fourth-order valence-corrected chi connectivity index (χ4v) is 3.23. The summed E-state index contributed by atoms with van der Waals surface area (Å²) in [7, 11) is 0. The van der Waals surface area contributed by atoms with E-state index in [9.17, 15) is 4.39 Å². The van der Waals surface area contributed by atoms with Gasteiger partial charge in [-0.1, -0.05) is 0 Å². The van der Waals surface area contributed by atoms with Crippen LogP contribution in [0.3, 0.4) is 0 Å². The Balaban J connectivity index is 1.89. The molecule has 3 aromatic rings. The maximum absolute atomic E-state index is 14.8. The van der Waals surface area contributed by atoms with E-state index in [1.54, 1.807) is 12.3 Å². The smallest absolute Gasteiger partial charge is 0.162 e. The number of pyridine rings is 1. The maximum atomic E-state index is 14.8. The van der Waals surface area contributed by atoms with Crippen molar-refractivity contribution in [3.8, 4) is 11.4 Å². The van der Waals surface area contributed by atoms with Crippen molar-refractivity contribution in [1.29, 1.82) is 0 Å². The van der Waals surface area contributed by atoms with E-state index in [1.807, 2.05) is 18.3 Å². The average Bonchev–Trinajstić information content (AvgIpc) is 3.09. The Bertz CT molecular complexity index is 933. The molecule has 1 fully saturated rings. The number of aromatic nitrogens is 4. The molecule has 0 aromatic carbocycles.